The van der Waals surface area contributed by atoms with Crippen molar-refractivity contribution < 1.29 is 13.7 Å². The number of ether oxygens (including phenoxy) is 2. The summed E-state index contributed by atoms with van der Waals surface area (Å²) >= 11 is 0. The van der Waals surface area contributed by atoms with Crippen LogP contribution in [0.25, 0.3) is 0 Å². The SMILES string of the molecule is CCNC(=NCCS(=O)c1ccccc1)NC(C)c1cc(OC)ccc1OC. The Hall–Kier alpha value is -2.54. The molecule has 0 bridgehead atoms. The van der Waals surface area contributed by atoms with Crippen molar-refractivity contribution in [3.63, 3.8) is 0 Å². The Bertz CT molecular complexity index is 797. The molecule has 0 fully saturated rings. The van der Waals surface area contributed by atoms with Crippen molar-refractivity contribution in [2.45, 2.75) is 24.8 Å². The van der Waals surface area contributed by atoms with Gasteiger partial charge >= 0.3 is 0 Å². The van der Waals surface area contributed by atoms with Crippen LogP contribution in [0, 0.1) is 0 Å². The first kappa shape index (κ1) is 21.8. The first-order valence-corrected chi connectivity index (χ1v) is 10.6. The summed E-state index contributed by atoms with van der Waals surface area (Å²) in [6.07, 6.45) is 0. The van der Waals surface area contributed by atoms with Crippen LogP contribution in [-0.4, -0.2) is 43.2 Å². The second-order valence-corrected chi connectivity index (χ2v) is 7.67. The summed E-state index contributed by atoms with van der Waals surface area (Å²) in [5, 5.41) is 6.61. The van der Waals surface area contributed by atoms with Crippen LogP contribution >= 0.6 is 0 Å². The molecule has 2 atom stereocenters. The summed E-state index contributed by atoms with van der Waals surface area (Å²) < 4.78 is 23.2. The van der Waals surface area contributed by atoms with Crippen molar-refractivity contribution in [1.29, 1.82) is 0 Å². The molecule has 152 valence electrons. The molecule has 0 amide bonds. The van der Waals surface area contributed by atoms with Crippen LogP contribution in [0.4, 0.5) is 0 Å². The average molecular weight is 404 g/mol. The Balaban J connectivity index is 2.05. The van der Waals surface area contributed by atoms with E-state index in [2.05, 4.69) is 15.6 Å². The van der Waals surface area contributed by atoms with Crippen LogP contribution in [0.2, 0.25) is 0 Å². The monoisotopic (exact) mass is 403 g/mol. The van der Waals surface area contributed by atoms with E-state index in [0.29, 0.717) is 18.3 Å². The lowest BCUT2D eigenvalue weighted by Crippen LogP contribution is -2.39. The number of methoxy groups -OCH3 is 2. The van der Waals surface area contributed by atoms with E-state index in [1.807, 2.05) is 62.4 Å². The minimum Gasteiger partial charge on any atom is -0.497 e. The van der Waals surface area contributed by atoms with Gasteiger partial charge in [-0.15, -0.1) is 0 Å². The van der Waals surface area contributed by atoms with Crippen molar-refractivity contribution in [1.82, 2.24) is 10.6 Å². The third-order valence-electron chi connectivity index (χ3n) is 4.15. The van der Waals surface area contributed by atoms with E-state index >= 15 is 0 Å². The highest BCUT2D eigenvalue weighted by Crippen LogP contribution is 2.29. The molecule has 0 radical (unpaired) electrons. The van der Waals surface area contributed by atoms with Crippen molar-refractivity contribution >= 4 is 16.8 Å². The first-order valence-electron chi connectivity index (χ1n) is 9.29. The lowest BCUT2D eigenvalue weighted by atomic mass is 10.1. The number of rotatable bonds is 9. The molecule has 0 saturated carbocycles. The molecule has 0 aliphatic carbocycles. The van der Waals surface area contributed by atoms with Crippen LogP contribution in [0.1, 0.15) is 25.5 Å². The molecule has 6 nitrogen and oxygen atoms in total. The maximum atomic E-state index is 12.4. The lowest BCUT2D eigenvalue weighted by Gasteiger charge is -2.20. The fourth-order valence-corrected chi connectivity index (χ4v) is 3.66. The topological polar surface area (TPSA) is 72.0 Å². The Morgan fingerprint density at radius 2 is 1.89 bits per heavy atom. The fraction of sp³-hybridized carbons (Fsp3) is 0.381. The largest absolute Gasteiger partial charge is 0.497 e. The number of nitrogens with zero attached hydrogens (tertiary/aromatic N) is 1. The van der Waals surface area contributed by atoms with Gasteiger partial charge in [0, 0.05) is 22.8 Å². The van der Waals surface area contributed by atoms with Gasteiger partial charge in [0.25, 0.3) is 0 Å². The Morgan fingerprint density at radius 3 is 2.54 bits per heavy atom. The molecule has 0 saturated heterocycles. The van der Waals surface area contributed by atoms with Crippen LogP contribution in [0.15, 0.2) is 58.4 Å². The number of aliphatic imine (C=N–C) groups is 1. The van der Waals surface area contributed by atoms with E-state index in [4.69, 9.17) is 9.47 Å². The Labute approximate surface area is 169 Å². The summed E-state index contributed by atoms with van der Waals surface area (Å²) in [5.74, 6) is 2.69. The molecule has 0 spiro atoms. The molecule has 2 N–H and O–H groups in total. The van der Waals surface area contributed by atoms with Crippen molar-refractivity contribution in [3.05, 3.63) is 54.1 Å². The minimum absolute atomic E-state index is 0.0533. The van der Waals surface area contributed by atoms with Crippen LogP contribution in [0.5, 0.6) is 11.5 Å². The van der Waals surface area contributed by atoms with E-state index in [1.54, 1.807) is 14.2 Å². The lowest BCUT2D eigenvalue weighted by molar-refractivity contribution is 0.394. The minimum atomic E-state index is -1.06. The molecule has 2 unspecified atom stereocenters. The molecule has 0 heterocycles. The summed E-state index contributed by atoms with van der Waals surface area (Å²) in [7, 11) is 2.23. The maximum absolute atomic E-state index is 12.4. The van der Waals surface area contributed by atoms with Gasteiger partial charge in [-0.25, -0.2) is 0 Å². The third kappa shape index (κ3) is 6.27. The fourth-order valence-electron chi connectivity index (χ4n) is 2.71. The highest BCUT2D eigenvalue weighted by atomic mass is 32.2. The van der Waals surface area contributed by atoms with Gasteiger partial charge in [-0.3, -0.25) is 9.20 Å². The van der Waals surface area contributed by atoms with Gasteiger partial charge in [0.2, 0.25) is 0 Å². The quantitative estimate of drug-likeness (QED) is 0.497. The standard InChI is InChI=1S/C21H29N3O3S/c1-5-22-21(23-13-14-28(25)18-9-7-6-8-10-18)24-16(2)19-15-17(26-3)11-12-20(19)27-4/h6-12,15-16H,5,13-14H2,1-4H3,(H2,22,23,24). The molecule has 0 aromatic heterocycles. The predicted octanol–water partition coefficient (Wildman–Crippen LogP) is 3.13. The number of hydrogen-bond acceptors (Lipinski definition) is 4. The zero-order chi connectivity index (χ0) is 20.4. The second kappa shape index (κ2) is 11.3. The zero-order valence-corrected chi connectivity index (χ0v) is 17.7. The summed E-state index contributed by atoms with van der Waals surface area (Å²) in [4.78, 5) is 5.40. The van der Waals surface area contributed by atoms with Crippen molar-refractivity contribution in [3.8, 4) is 11.5 Å². The number of benzene rings is 2. The molecule has 7 heteroatoms. The van der Waals surface area contributed by atoms with E-state index in [9.17, 15) is 4.21 Å². The Kier molecular flexibility index (Phi) is 8.81. The number of hydrogen-bond donors (Lipinski definition) is 2. The van der Waals surface area contributed by atoms with E-state index in [1.165, 1.54) is 0 Å². The summed E-state index contributed by atoms with van der Waals surface area (Å²) in [5.41, 5.74) is 0.973. The first-order chi connectivity index (χ1) is 13.6. The van der Waals surface area contributed by atoms with Gasteiger partial charge < -0.3 is 20.1 Å². The molecule has 0 aliphatic heterocycles. The van der Waals surface area contributed by atoms with Crippen LogP contribution in [0.3, 0.4) is 0 Å². The molecule has 2 aromatic carbocycles. The molecule has 2 rings (SSSR count). The number of guanidine groups is 1. The van der Waals surface area contributed by atoms with Gasteiger partial charge in [0.15, 0.2) is 5.96 Å². The predicted molar refractivity (Wildman–Crippen MR) is 115 cm³/mol. The molecular weight excluding hydrogens is 374 g/mol. The van der Waals surface area contributed by atoms with E-state index < -0.39 is 10.8 Å². The van der Waals surface area contributed by atoms with Gasteiger partial charge in [-0.05, 0) is 44.2 Å². The van der Waals surface area contributed by atoms with Crippen molar-refractivity contribution in [2.75, 3.05) is 33.1 Å². The van der Waals surface area contributed by atoms with Gasteiger partial charge in [-0.1, -0.05) is 18.2 Å². The van der Waals surface area contributed by atoms with E-state index in [0.717, 1.165) is 28.5 Å². The van der Waals surface area contributed by atoms with Gasteiger partial charge in [0.05, 0.1) is 37.6 Å². The average Bonchev–Trinajstić information content (AvgIpc) is 2.73. The highest BCUT2D eigenvalue weighted by Gasteiger charge is 2.14. The molecule has 28 heavy (non-hydrogen) atoms. The number of nitrogens with one attached hydrogen (secondary N) is 2. The van der Waals surface area contributed by atoms with Crippen LogP contribution in [-0.2, 0) is 10.8 Å². The second-order valence-electron chi connectivity index (χ2n) is 6.10. The van der Waals surface area contributed by atoms with Gasteiger partial charge in [0.1, 0.15) is 11.5 Å². The molecule has 0 aliphatic rings. The van der Waals surface area contributed by atoms with Crippen LogP contribution < -0.4 is 20.1 Å². The third-order valence-corrected chi connectivity index (χ3v) is 5.50. The normalized spacial score (nSPS) is 13.5. The van der Waals surface area contributed by atoms with E-state index in [-0.39, 0.29) is 6.04 Å². The van der Waals surface area contributed by atoms with Crippen molar-refractivity contribution in [2.24, 2.45) is 4.99 Å². The Morgan fingerprint density at radius 1 is 1.14 bits per heavy atom. The van der Waals surface area contributed by atoms with Gasteiger partial charge in [-0.2, -0.15) is 0 Å². The highest BCUT2D eigenvalue weighted by molar-refractivity contribution is 7.85. The molecular formula is C21H29N3O3S. The maximum Gasteiger partial charge on any atom is 0.191 e. The smallest absolute Gasteiger partial charge is 0.191 e. The summed E-state index contributed by atoms with van der Waals surface area (Å²) in [6.45, 7) is 5.23. The zero-order valence-electron chi connectivity index (χ0n) is 16.9. The molecule has 2 aromatic rings. The summed E-state index contributed by atoms with van der Waals surface area (Å²) in [6, 6.07) is 15.1.